The maximum Gasteiger partial charge on any atom is 0.238 e. The van der Waals surface area contributed by atoms with E-state index < -0.39 is 0 Å². The van der Waals surface area contributed by atoms with Crippen molar-refractivity contribution in [3.8, 4) is 0 Å². The molecule has 1 heterocycles. The number of nitrogens with one attached hydrogen (secondary N) is 2. The van der Waals surface area contributed by atoms with Crippen LogP contribution in [0.1, 0.15) is 19.5 Å². The topological polar surface area (TPSA) is 109 Å². The van der Waals surface area contributed by atoms with Crippen molar-refractivity contribution in [2.45, 2.75) is 20.8 Å². The van der Waals surface area contributed by atoms with Crippen LogP contribution in [0.2, 0.25) is 5.15 Å². The van der Waals surface area contributed by atoms with Crippen LogP contribution in [-0.2, 0) is 4.79 Å². The van der Waals surface area contributed by atoms with Gasteiger partial charge in [0.25, 0.3) is 0 Å². The van der Waals surface area contributed by atoms with Gasteiger partial charge in [-0.3, -0.25) is 4.79 Å². The molecular weight excluding hydrogens is 304 g/mol. The summed E-state index contributed by atoms with van der Waals surface area (Å²) in [5.74, 6) is 5.36. The van der Waals surface area contributed by atoms with E-state index in [9.17, 15) is 4.79 Å². The minimum atomic E-state index is -0.199. The van der Waals surface area contributed by atoms with Crippen molar-refractivity contribution in [3.63, 3.8) is 0 Å². The first-order chi connectivity index (χ1) is 10.5. The number of carbonyl (C=O) groups excluding carboxylic acids is 1. The Bertz CT molecular complexity index is 480. The molecule has 0 saturated carbocycles. The van der Waals surface area contributed by atoms with E-state index in [0.717, 1.165) is 5.69 Å². The van der Waals surface area contributed by atoms with Crippen LogP contribution in [0.25, 0.3) is 0 Å². The number of nitrogens with zero attached hydrogens (tertiary/aromatic N) is 2. The molecule has 0 unspecified atom stereocenters. The summed E-state index contributed by atoms with van der Waals surface area (Å²) in [4.78, 5) is 15.7. The van der Waals surface area contributed by atoms with Crippen LogP contribution in [-0.4, -0.2) is 35.5 Å². The van der Waals surface area contributed by atoms with Gasteiger partial charge in [0.2, 0.25) is 5.91 Å². The lowest BCUT2D eigenvalue weighted by Gasteiger charge is -2.13. The molecular formula is C14H25ClN6O. The normalized spacial score (nSPS) is 10.0. The van der Waals surface area contributed by atoms with Crippen LogP contribution < -0.4 is 22.2 Å². The van der Waals surface area contributed by atoms with Gasteiger partial charge in [-0.1, -0.05) is 25.4 Å². The molecule has 7 nitrogen and oxygen atoms in total. The number of rotatable bonds is 7. The first kappa shape index (κ1) is 20.2. The monoisotopic (exact) mass is 328 g/mol. The third-order valence-electron chi connectivity index (χ3n) is 2.37. The van der Waals surface area contributed by atoms with Crippen molar-refractivity contribution in [1.82, 2.24) is 15.3 Å². The van der Waals surface area contributed by atoms with Crippen molar-refractivity contribution >= 4 is 23.2 Å². The van der Waals surface area contributed by atoms with Gasteiger partial charge in [-0.25, -0.2) is 10.8 Å². The molecule has 0 atom stereocenters. The average molecular weight is 329 g/mol. The summed E-state index contributed by atoms with van der Waals surface area (Å²) >= 11 is 5.92. The summed E-state index contributed by atoms with van der Waals surface area (Å²) in [6.45, 7) is 7.07. The van der Waals surface area contributed by atoms with Crippen LogP contribution in [0.3, 0.4) is 0 Å². The van der Waals surface area contributed by atoms with Gasteiger partial charge < -0.3 is 21.4 Å². The highest BCUT2D eigenvalue weighted by atomic mass is 35.5. The van der Waals surface area contributed by atoms with Crippen LogP contribution >= 0.6 is 11.6 Å². The molecule has 0 spiro atoms. The second kappa shape index (κ2) is 11.8. The predicted octanol–water partition coefficient (Wildman–Crippen LogP) is 1.20. The maximum absolute atomic E-state index is 11.7. The number of aromatic nitrogens is 1. The zero-order valence-electron chi connectivity index (χ0n) is 13.3. The minimum Gasteiger partial charge on any atom is -0.403 e. The standard InChI is InChI=1S/C12H19ClN6O.C2H6/c1-9-2-3-10(12(13)17-9)18-11(20)8-16-5-7-19(15)6-4-14;1-2/h2-4,6,16H,5,7-8,14-15H2,1H3,(H,18,20);1-2H3/b6-4-;. The number of amides is 1. The number of hydrogen-bond donors (Lipinski definition) is 4. The Hall–Kier alpha value is -1.83. The number of nitrogens with two attached hydrogens (primary N) is 2. The summed E-state index contributed by atoms with van der Waals surface area (Å²) in [5, 5.41) is 7.33. The van der Waals surface area contributed by atoms with Gasteiger partial charge >= 0.3 is 0 Å². The molecule has 0 aliphatic carbocycles. The van der Waals surface area contributed by atoms with Crippen LogP contribution in [0.4, 0.5) is 5.69 Å². The molecule has 0 saturated heterocycles. The minimum absolute atomic E-state index is 0.157. The second-order valence-corrected chi connectivity index (χ2v) is 4.45. The highest BCUT2D eigenvalue weighted by Crippen LogP contribution is 2.18. The van der Waals surface area contributed by atoms with Crippen molar-refractivity contribution in [1.29, 1.82) is 0 Å². The fraction of sp³-hybridized carbons (Fsp3) is 0.429. The molecule has 6 N–H and O–H groups in total. The number of halogens is 1. The largest absolute Gasteiger partial charge is 0.403 e. The molecule has 8 heteroatoms. The second-order valence-electron chi connectivity index (χ2n) is 4.10. The van der Waals surface area contributed by atoms with E-state index in [-0.39, 0.29) is 17.6 Å². The summed E-state index contributed by atoms with van der Waals surface area (Å²) < 4.78 is 0. The SMILES string of the molecule is CC.Cc1ccc(NC(=O)CNCCN(N)/C=C\N)c(Cl)n1. The van der Waals surface area contributed by atoms with Gasteiger partial charge in [0.1, 0.15) is 0 Å². The molecule has 0 aliphatic heterocycles. The fourth-order valence-corrected chi connectivity index (χ4v) is 1.65. The van der Waals surface area contributed by atoms with E-state index in [4.69, 9.17) is 23.2 Å². The Balaban J connectivity index is 0.00000211. The van der Waals surface area contributed by atoms with Crippen molar-refractivity contribution in [3.05, 3.63) is 35.4 Å². The lowest BCUT2D eigenvalue weighted by atomic mass is 10.3. The van der Waals surface area contributed by atoms with Crippen molar-refractivity contribution in [2.75, 3.05) is 25.0 Å². The third-order valence-corrected chi connectivity index (χ3v) is 2.66. The summed E-state index contributed by atoms with van der Waals surface area (Å²) in [5.41, 5.74) is 6.48. The van der Waals surface area contributed by atoms with Gasteiger partial charge in [0.05, 0.1) is 12.2 Å². The summed E-state index contributed by atoms with van der Waals surface area (Å²) in [6.07, 6.45) is 2.89. The van der Waals surface area contributed by atoms with E-state index in [1.165, 1.54) is 11.2 Å². The molecule has 22 heavy (non-hydrogen) atoms. The van der Waals surface area contributed by atoms with Crippen LogP contribution in [0.5, 0.6) is 0 Å². The Morgan fingerprint density at radius 2 is 2.14 bits per heavy atom. The molecule has 124 valence electrons. The molecule has 0 aliphatic rings. The molecule has 0 aromatic carbocycles. The van der Waals surface area contributed by atoms with Gasteiger partial charge in [-0.15, -0.1) is 0 Å². The van der Waals surface area contributed by atoms with E-state index in [2.05, 4.69) is 15.6 Å². The fourth-order valence-electron chi connectivity index (χ4n) is 1.41. The number of hydrazine groups is 1. The Kier molecular flexibility index (Phi) is 10.8. The molecule has 0 bridgehead atoms. The van der Waals surface area contributed by atoms with E-state index >= 15 is 0 Å². The quantitative estimate of drug-likeness (QED) is 0.259. The zero-order valence-corrected chi connectivity index (χ0v) is 14.0. The first-order valence-corrected chi connectivity index (χ1v) is 7.44. The predicted molar refractivity (Wildman–Crippen MR) is 91.1 cm³/mol. The number of pyridine rings is 1. The van der Waals surface area contributed by atoms with Crippen LogP contribution in [0, 0.1) is 6.92 Å². The lowest BCUT2D eigenvalue weighted by Crippen LogP contribution is -2.36. The Labute approximate surface area is 136 Å². The molecule has 1 amide bonds. The molecule has 1 aromatic heterocycles. The van der Waals surface area contributed by atoms with Crippen LogP contribution in [0.15, 0.2) is 24.5 Å². The van der Waals surface area contributed by atoms with E-state index in [0.29, 0.717) is 18.8 Å². The van der Waals surface area contributed by atoms with Gasteiger partial charge in [-0.2, -0.15) is 0 Å². The Morgan fingerprint density at radius 3 is 2.73 bits per heavy atom. The summed E-state index contributed by atoms with van der Waals surface area (Å²) in [6, 6.07) is 3.50. The molecule has 0 fully saturated rings. The Morgan fingerprint density at radius 1 is 1.45 bits per heavy atom. The average Bonchev–Trinajstić information content (AvgIpc) is 2.49. The number of hydrogen-bond acceptors (Lipinski definition) is 6. The van der Waals surface area contributed by atoms with E-state index in [1.807, 2.05) is 20.8 Å². The molecule has 1 aromatic rings. The highest BCUT2D eigenvalue weighted by molar-refractivity contribution is 6.32. The van der Waals surface area contributed by atoms with Gasteiger partial charge in [0.15, 0.2) is 5.15 Å². The maximum atomic E-state index is 11.7. The number of aryl methyl sites for hydroxylation is 1. The number of anilines is 1. The molecule has 1 rings (SSSR count). The highest BCUT2D eigenvalue weighted by Gasteiger charge is 2.06. The van der Waals surface area contributed by atoms with E-state index in [1.54, 1.807) is 18.3 Å². The third kappa shape index (κ3) is 8.46. The zero-order chi connectivity index (χ0) is 17.0. The van der Waals surface area contributed by atoms with Crippen molar-refractivity contribution in [2.24, 2.45) is 11.6 Å². The molecule has 0 radical (unpaired) electrons. The van der Waals surface area contributed by atoms with Gasteiger partial charge in [-0.05, 0) is 19.1 Å². The number of carbonyl (C=O) groups is 1. The first-order valence-electron chi connectivity index (χ1n) is 7.06. The summed E-state index contributed by atoms with van der Waals surface area (Å²) in [7, 11) is 0. The van der Waals surface area contributed by atoms with Gasteiger partial charge in [0, 0.05) is 31.2 Å². The lowest BCUT2D eigenvalue weighted by molar-refractivity contribution is -0.115. The van der Waals surface area contributed by atoms with Crippen molar-refractivity contribution < 1.29 is 4.79 Å². The smallest absolute Gasteiger partial charge is 0.238 e.